The van der Waals surface area contributed by atoms with Gasteiger partial charge in [-0.3, -0.25) is 4.79 Å². The predicted octanol–water partition coefficient (Wildman–Crippen LogP) is 1.86. The lowest BCUT2D eigenvalue weighted by Gasteiger charge is -2.20. The molecule has 1 amide bonds. The Morgan fingerprint density at radius 2 is 2.00 bits per heavy atom. The first-order valence-electron chi connectivity index (χ1n) is 6.23. The summed E-state index contributed by atoms with van der Waals surface area (Å²) in [6, 6.07) is 0. The van der Waals surface area contributed by atoms with Gasteiger partial charge in [-0.2, -0.15) is 0 Å². The molecule has 2 rings (SSSR count). The number of epoxide rings is 1. The summed E-state index contributed by atoms with van der Waals surface area (Å²) in [5, 5.41) is 2.92. The van der Waals surface area contributed by atoms with E-state index in [0.717, 1.165) is 18.9 Å². The molecule has 0 bridgehead atoms. The summed E-state index contributed by atoms with van der Waals surface area (Å²) < 4.78 is 5.04. The van der Waals surface area contributed by atoms with Crippen LogP contribution in [0.15, 0.2) is 0 Å². The number of hydrogen-bond donors (Lipinski definition) is 1. The molecule has 1 atom stereocenters. The van der Waals surface area contributed by atoms with Crippen molar-refractivity contribution < 1.29 is 9.53 Å². The van der Waals surface area contributed by atoms with Crippen molar-refractivity contribution in [3.63, 3.8) is 0 Å². The zero-order chi connectivity index (χ0) is 10.5. The van der Waals surface area contributed by atoms with E-state index in [9.17, 15) is 4.79 Å². The molecular weight excluding hydrogens is 190 g/mol. The number of hydrogen-bond acceptors (Lipinski definition) is 2. The summed E-state index contributed by atoms with van der Waals surface area (Å²) >= 11 is 0. The van der Waals surface area contributed by atoms with Crippen molar-refractivity contribution in [2.24, 2.45) is 5.92 Å². The van der Waals surface area contributed by atoms with Crippen molar-refractivity contribution in [2.75, 3.05) is 13.2 Å². The Bertz CT molecular complexity index is 208. The van der Waals surface area contributed by atoms with Crippen LogP contribution in [0.1, 0.15) is 44.9 Å². The fraction of sp³-hybridized carbons (Fsp3) is 0.917. The predicted molar refractivity (Wildman–Crippen MR) is 58.6 cm³/mol. The minimum absolute atomic E-state index is 0.205. The van der Waals surface area contributed by atoms with Crippen molar-refractivity contribution in [3.8, 4) is 0 Å². The van der Waals surface area contributed by atoms with E-state index >= 15 is 0 Å². The molecular formula is C12H21NO2. The molecule has 1 saturated carbocycles. The van der Waals surface area contributed by atoms with E-state index in [1.54, 1.807) is 0 Å². The molecule has 1 aliphatic carbocycles. The van der Waals surface area contributed by atoms with Gasteiger partial charge in [-0.15, -0.1) is 0 Å². The molecule has 1 heterocycles. The van der Waals surface area contributed by atoms with Gasteiger partial charge in [-0.05, 0) is 12.3 Å². The molecule has 0 spiro atoms. The lowest BCUT2D eigenvalue weighted by atomic mass is 9.86. The second-order valence-electron chi connectivity index (χ2n) is 4.80. The fourth-order valence-corrected chi connectivity index (χ4v) is 2.31. The van der Waals surface area contributed by atoms with Gasteiger partial charge in [0.2, 0.25) is 5.91 Å². The van der Waals surface area contributed by atoms with E-state index < -0.39 is 0 Å². The van der Waals surface area contributed by atoms with Gasteiger partial charge < -0.3 is 10.1 Å². The summed E-state index contributed by atoms with van der Waals surface area (Å²) in [4.78, 5) is 11.5. The highest BCUT2D eigenvalue weighted by Crippen LogP contribution is 2.27. The summed E-state index contributed by atoms with van der Waals surface area (Å²) in [6.07, 6.45) is 8.88. The van der Waals surface area contributed by atoms with Crippen LogP contribution in [0.2, 0.25) is 0 Å². The number of amides is 1. The van der Waals surface area contributed by atoms with Gasteiger partial charge in [-0.1, -0.05) is 32.1 Å². The van der Waals surface area contributed by atoms with Gasteiger partial charge in [-0.25, -0.2) is 0 Å². The van der Waals surface area contributed by atoms with E-state index in [1.165, 1.54) is 32.1 Å². The molecule has 86 valence electrons. The van der Waals surface area contributed by atoms with Crippen molar-refractivity contribution in [3.05, 3.63) is 0 Å². The zero-order valence-electron chi connectivity index (χ0n) is 9.34. The van der Waals surface area contributed by atoms with Gasteiger partial charge in [0.1, 0.15) is 0 Å². The molecule has 2 aliphatic rings. The molecule has 0 aromatic heterocycles. The largest absolute Gasteiger partial charge is 0.371 e. The number of ether oxygens (including phenoxy) is 1. The summed E-state index contributed by atoms with van der Waals surface area (Å²) in [6.45, 7) is 1.53. The Hall–Kier alpha value is -0.570. The molecule has 1 aliphatic heterocycles. The van der Waals surface area contributed by atoms with Crippen LogP contribution in [0.5, 0.6) is 0 Å². The topological polar surface area (TPSA) is 41.6 Å². The van der Waals surface area contributed by atoms with Gasteiger partial charge in [0.15, 0.2) is 0 Å². The number of carbonyl (C=O) groups is 1. The Balaban J connectivity index is 1.53. The Morgan fingerprint density at radius 1 is 1.27 bits per heavy atom. The number of carbonyl (C=O) groups excluding carboxylic acids is 1. The van der Waals surface area contributed by atoms with E-state index in [2.05, 4.69) is 5.32 Å². The average Bonchev–Trinajstić information content (AvgIpc) is 3.09. The third-order valence-corrected chi connectivity index (χ3v) is 3.43. The van der Waals surface area contributed by atoms with Crippen LogP contribution in [0.25, 0.3) is 0 Å². The second kappa shape index (κ2) is 5.50. The maximum atomic E-state index is 11.5. The van der Waals surface area contributed by atoms with Gasteiger partial charge in [0, 0.05) is 13.0 Å². The fourth-order valence-electron chi connectivity index (χ4n) is 2.31. The quantitative estimate of drug-likeness (QED) is 0.705. The molecule has 0 radical (unpaired) electrons. The van der Waals surface area contributed by atoms with Gasteiger partial charge >= 0.3 is 0 Å². The summed E-state index contributed by atoms with van der Waals surface area (Å²) in [5.74, 6) is 1.01. The van der Waals surface area contributed by atoms with E-state index in [-0.39, 0.29) is 5.91 Å². The molecule has 0 aromatic carbocycles. The van der Waals surface area contributed by atoms with Crippen LogP contribution in [-0.2, 0) is 9.53 Å². The first-order valence-corrected chi connectivity index (χ1v) is 6.23. The third kappa shape index (κ3) is 4.20. The molecule has 0 unspecified atom stereocenters. The van der Waals surface area contributed by atoms with Gasteiger partial charge in [0.05, 0.1) is 12.7 Å². The monoisotopic (exact) mass is 211 g/mol. The first-order chi connectivity index (χ1) is 7.34. The molecule has 3 heteroatoms. The molecule has 3 nitrogen and oxygen atoms in total. The van der Waals surface area contributed by atoms with Crippen LogP contribution >= 0.6 is 0 Å². The number of rotatable bonds is 5. The van der Waals surface area contributed by atoms with Crippen molar-refractivity contribution in [2.45, 2.75) is 51.0 Å². The van der Waals surface area contributed by atoms with Crippen LogP contribution in [0, 0.1) is 5.92 Å². The maximum Gasteiger partial charge on any atom is 0.220 e. The van der Waals surface area contributed by atoms with Crippen LogP contribution in [-0.4, -0.2) is 25.2 Å². The standard InChI is InChI=1S/C12H21NO2/c14-12(13-8-11-9-15-11)7-6-10-4-2-1-3-5-10/h10-11H,1-9H2,(H,13,14)/t11-/m0/s1. The van der Waals surface area contributed by atoms with Crippen LogP contribution in [0.4, 0.5) is 0 Å². The summed E-state index contributed by atoms with van der Waals surface area (Å²) in [5.41, 5.74) is 0. The normalized spacial score (nSPS) is 26.3. The smallest absolute Gasteiger partial charge is 0.220 e. The highest BCUT2D eigenvalue weighted by Gasteiger charge is 2.22. The molecule has 1 saturated heterocycles. The first kappa shape index (κ1) is 10.9. The molecule has 15 heavy (non-hydrogen) atoms. The maximum absolute atomic E-state index is 11.5. The Labute approximate surface area is 91.6 Å². The van der Waals surface area contributed by atoms with Crippen molar-refractivity contribution in [1.29, 1.82) is 0 Å². The number of nitrogens with one attached hydrogen (secondary N) is 1. The lowest BCUT2D eigenvalue weighted by molar-refractivity contribution is -0.121. The average molecular weight is 211 g/mol. The third-order valence-electron chi connectivity index (χ3n) is 3.43. The lowest BCUT2D eigenvalue weighted by Crippen LogP contribution is -2.27. The minimum Gasteiger partial charge on any atom is -0.371 e. The van der Waals surface area contributed by atoms with E-state index in [0.29, 0.717) is 19.1 Å². The van der Waals surface area contributed by atoms with E-state index in [1.807, 2.05) is 0 Å². The SMILES string of the molecule is O=C(CCC1CCCCC1)NC[C@H]1CO1. The Kier molecular flexibility index (Phi) is 4.01. The van der Waals surface area contributed by atoms with Gasteiger partial charge in [0.25, 0.3) is 0 Å². The molecule has 2 fully saturated rings. The Morgan fingerprint density at radius 3 is 2.67 bits per heavy atom. The zero-order valence-corrected chi connectivity index (χ0v) is 9.34. The van der Waals surface area contributed by atoms with Crippen molar-refractivity contribution in [1.82, 2.24) is 5.32 Å². The highest BCUT2D eigenvalue weighted by atomic mass is 16.6. The minimum atomic E-state index is 0.205. The summed E-state index contributed by atoms with van der Waals surface area (Å²) in [7, 11) is 0. The van der Waals surface area contributed by atoms with Crippen LogP contribution < -0.4 is 5.32 Å². The second-order valence-corrected chi connectivity index (χ2v) is 4.80. The molecule has 0 aromatic rings. The van der Waals surface area contributed by atoms with Crippen LogP contribution in [0.3, 0.4) is 0 Å². The van der Waals surface area contributed by atoms with E-state index in [4.69, 9.17) is 4.74 Å². The highest BCUT2D eigenvalue weighted by molar-refractivity contribution is 5.75. The van der Waals surface area contributed by atoms with Crippen molar-refractivity contribution >= 4 is 5.91 Å². The molecule has 1 N–H and O–H groups in total.